The van der Waals surface area contributed by atoms with Crippen molar-refractivity contribution in [2.75, 3.05) is 0 Å². The van der Waals surface area contributed by atoms with E-state index in [0.29, 0.717) is 5.75 Å². The van der Waals surface area contributed by atoms with E-state index in [1.54, 1.807) is 0 Å². The Labute approximate surface area is 123 Å². The first-order chi connectivity index (χ1) is 9.99. The summed E-state index contributed by atoms with van der Waals surface area (Å²) in [5.41, 5.74) is 7.86. The molecule has 2 aromatic rings. The zero-order valence-electron chi connectivity index (χ0n) is 12.2. The summed E-state index contributed by atoms with van der Waals surface area (Å²) in [7, 11) is 0. The van der Waals surface area contributed by atoms with Crippen LogP contribution in [-0.4, -0.2) is 6.04 Å². The molecule has 1 unspecified atom stereocenters. The van der Waals surface area contributed by atoms with Crippen molar-refractivity contribution in [1.29, 1.82) is 0 Å². The summed E-state index contributed by atoms with van der Waals surface area (Å²) < 4.78 is 32.1. The van der Waals surface area contributed by atoms with Gasteiger partial charge >= 0.3 is 0 Å². The van der Waals surface area contributed by atoms with Crippen molar-refractivity contribution < 1.29 is 13.5 Å². The van der Waals surface area contributed by atoms with Crippen LogP contribution in [0.3, 0.4) is 0 Å². The van der Waals surface area contributed by atoms with Crippen LogP contribution >= 0.6 is 0 Å². The maximum atomic E-state index is 13.6. The molecule has 0 heterocycles. The molecule has 2 nitrogen and oxygen atoms in total. The third-order valence-electron chi connectivity index (χ3n) is 3.39. The Morgan fingerprint density at radius 1 is 1.10 bits per heavy atom. The zero-order chi connectivity index (χ0) is 15.4. The topological polar surface area (TPSA) is 35.2 Å². The second-order valence-electron chi connectivity index (χ2n) is 5.15. The van der Waals surface area contributed by atoms with E-state index in [9.17, 15) is 8.78 Å². The standard InChI is InChI=1S/C17H19F2NO/c1-3-14(20)8-12-5-4-11(2)17(9-12)21-16-7-6-13(18)10-15(16)19/h4-7,9-10,14H,3,8,20H2,1-2H3. The van der Waals surface area contributed by atoms with Crippen LogP contribution in [0.2, 0.25) is 0 Å². The highest BCUT2D eigenvalue weighted by Crippen LogP contribution is 2.28. The highest BCUT2D eigenvalue weighted by Gasteiger charge is 2.10. The predicted molar refractivity (Wildman–Crippen MR) is 79.6 cm³/mol. The minimum atomic E-state index is -0.718. The van der Waals surface area contributed by atoms with Gasteiger partial charge < -0.3 is 10.5 Å². The minimum absolute atomic E-state index is 0.0106. The number of hydrogen-bond donors (Lipinski definition) is 1. The van der Waals surface area contributed by atoms with Crippen molar-refractivity contribution in [3.63, 3.8) is 0 Å². The van der Waals surface area contributed by atoms with Crippen molar-refractivity contribution in [2.24, 2.45) is 5.73 Å². The van der Waals surface area contributed by atoms with Crippen LogP contribution in [-0.2, 0) is 6.42 Å². The maximum Gasteiger partial charge on any atom is 0.168 e. The Bertz CT molecular complexity index is 628. The van der Waals surface area contributed by atoms with Crippen LogP contribution in [0.5, 0.6) is 11.5 Å². The summed E-state index contributed by atoms with van der Waals surface area (Å²) in [5, 5.41) is 0. The summed E-state index contributed by atoms with van der Waals surface area (Å²) in [6, 6.07) is 9.10. The zero-order valence-corrected chi connectivity index (χ0v) is 12.2. The fraction of sp³-hybridized carbons (Fsp3) is 0.294. The van der Waals surface area contributed by atoms with E-state index in [1.807, 2.05) is 32.0 Å². The third kappa shape index (κ3) is 4.02. The summed E-state index contributed by atoms with van der Waals surface area (Å²) in [5.74, 6) is -0.776. The van der Waals surface area contributed by atoms with Crippen LogP contribution in [0.15, 0.2) is 36.4 Å². The van der Waals surface area contributed by atoms with E-state index in [4.69, 9.17) is 10.5 Å². The van der Waals surface area contributed by atoms with Crippen molar-refractivity contribution in [2.45, 2.75) is 32.7 Å². The average molecular weight is 291 g/mol. The SMILES string of the molecule is CCC(N)Cc1ccc(C)c(Oc2ccc(F)cc2F)c1. The molecule has 0 aliphatic heterocycles. The van der Waals surface area contributed by atoms with Crippen LogP contribution in [0.4, 0.5) is 8.78 Å². The number of benzene rings is 2. The Kier molecular flexibility index (Phi) is 4.91. The molecular formula is C17H19F2NO. The molecule has 2 rings (SSSR count). The largest absolute Gasteiger partial charge is 0.454 e. The summed E-state index contributed by atoms with van der Waals surface area (Å²) in [6.45, 7) is 3.91. The Hall–Kier alpha value is -1.94. The van der Waals surface area contributed by atoms with Gasteiger partial charge in [0.1, 0.15) is 11.6 Å². The van der Waals surface area contributed by atoms with Crippen LogP contribution in [0, 0.1) is 18.6 Å². The van der Waals surface area contributed by atoms with Crippen molar-refractivity contribution >= 4 is 0 Å². The predicted octanol–water partition coefficient (Wildman–Crippen LogP) is 4.35. The second kappa shape index (κ2) is 6.68. The molecule has 0 fully saturated rings. The lowest BCUT2D eigenvalue weighted by Gasteiger charge is -2.13. The molecule has 2 aromatic carbocycles. The van der Waals surface area contributed by atoms with Crippen LogP contribution < -0.4 is 10.5 Å². The minimum Gasteiger partial charge on any atom is -0.454 e. The maximum absolute atomic E-state index is 13.6. The molecule has 1 atom stereocenters. The molecule has 0 aliphatic carbocycles. The third-order valence-corrected chi connectivity index (χ3v) is 3.39. The van der Waals surface area contributed by atoms with Gasteiger partial charge in [0.05, 0.1) is 0 Å². The van der Waals surface area contributed by atoms with Gasteiger partial charge in [-0.05, 0) is 49.1 Å². The molecular weight excluding hydrogens is 272 g/mol. The number of rotatable bonds is 5. The first-order valence-corrected chi connectivity index (χ1v) is 6.97. The van der Waals surface area contributed by atoms with E-state index in [1.165, 1.54) is 12.1 Å². The van der Waals surface area contributed by atoms with Gasteiger partial charge in [-0.15, -0.1) is 0 Å². The van der Waals surface area contributed by atoms with Crippen molar-refractivity contribution in [3.05, 3.63) is 59.2 Å². The Morgan fingerprint density at radius 3 is 2.52 bits per heavy atom. The second-order valence-corrected chi connectivity index (χ2v) is 5.15. The Balaban J connectivity index is 2.24. The van der Waals surface area contributed by atoms with Gasteiger partial charge in [0.2, 0.25) is 0 Å². The van der Waals surface area contributed by atoms with Crippen molar-refractivity contribution in [1.82, 2.24) is 0 Å². The van der Waals surface area contributed by atoms with Crippen molar-refractivity contribution in [3.8, 4) is 11.5 Å². The van der Waals surface area contributed by atoms with Gasteiger partial charge in [0.25, 0.3) is 0 Å². The van der Waals surface area contributed by atoms with Gasteiger partial charge in [0.15, 0.2) is 11.6 Å². The first kappa shape index (κ1) is 15.4. The molecule has 0 saturated carbocycles. The average Bonchev–Trinajstić information content (AvgIpc) is 2.45. The van der Waals surface area contributed by atoms with E-state index in [2.05, 4.69) is 0 Å². The Morgan fingerprint density at radius 2 is 1.86 bits per heavy atom. The summed E-state index contributed by atoms with van der Waals surface area (Å²) in [6.07, 6.45) is 1.62. The van der Waals surface area contributed by atoms with Gasteiger partial charge in [0, 0.05) is 12.1 Å². The molecule has 2 N–H and O–H groups in total. The van der Waals surface area contributed by atoms with E-state index in [0.717, 1.165) is 30.0 Å². The number of nitrogens with two attached hydrogens (primary N) is 1. The number of aryl methyl sites for hydroxylation is 1. The van der Waals surface area contributed by atoms with Gasteiger partial charge in [-0.25, -0.2) is 8.78 Å². The normalized spacial score (nSPS) is 12.2. The lowest BCUT2D eigenvalue weighted by Crippen LogP contribution is -2.21. The fourth-order valence-corrected chi connectivity index (χ4v) is 2.00. The molecule has 0 spiro atoms. The van der Waals surface area contributed by atoms with Gasteiger partial charge in [-0.1, -0.05) is 19.1 Å². The molecule has 112 valence electrons. The first-order valence-electron chi connectivity index (χ1n) is 6.97. The fourth-order valence-electron chi connectivity index (χ4n) is 2.00. The molecule has 0 bridgehead atoms. The van der Waals surface area contributed by atoms with Crippen LogP contribution in [0.25, 0.3) is 0 Å². The molecule has 0 amide bonds. The molecule has 4 heteroatoms. The molecule has 0 aromatic heterocycles. The number of ether oxygens (including phenoxy) is 1. The highest BCUT2D eigenvalue weighted by atomic mass is 19.1. The van der Waals surface area contributed by atoms with Crippen LogP contribution in [0.1, 0.15) is 24.5 Å². The summed E-state index contributed by atoms with van der Waals surface area (Å²) >= 11 is 0. The lowest BCUT2D eigenvalue weighted by molar-refractivity contribution is 0.434. The molecule has 0 radical (unpaired) electrons. The molecule has 21 heavy (non-hydrogen) atoms. The number of halogens is 2. The quantitative estimate of drug-likeness (QED) is 0.889. The smallest absolute Gasteiger partial charge is 0.168 e. The highest BCUT2D eigenvalue weighted by molar-refractivity contribution is 5.40. The summed E-state index contributed by atoms with van der Waals surface area (Å²) in [4.78, 5) is 0. The van der Waals surface area contributed by atoms with E-state index in [-0.39, 0.29) is 11.8 Å². The lowest BCUT2D eigenvalue weighted by atomic mass is 10.0. The van der Waals surface area contributed by atoms with Gasteiger partial charge in [-0.3, -0.25) is 0 Å². The molecule has 0 aliphatic rings. The molecule has 0 saturated heterocycles. The van der Waals surface area contributed by atoms with E-state index < -0.39 is 11.6 Å². The monoisotopic (exact) mass is 291 g/mol. The number of hydrogen-bond acceptors (Lipinski definition) is 2. The van der Waals surface area contributed by atoms with Gasteiger partial charge in [-0.2, -0.15) is 0 Å². The van der Waals surface area contributed by atoms with E-state index >= 15 is 0 Å².